The van der Waals surface area contributed by atoms with Gasteiger partial charge >= 0.3 is 0 Å². The molecule has 1 aliphatic carbocycles. The van der Waals surface area contributed by atoms with E-state index in [-0.39, 0.29) is 0 Å². The summed E-state index contributed by atoms with van der Waals surface area (Å²) in [5, 5.41) is 3.10. The number of ether oxygens (including phenoxy) is 1. The molecule has 3 N–H and O–H groups in total. The van der Waals surface area contributed by atoms with Crippen LogP contribution in [0.1, 0.15) is 36.8 Å². The fourth-order valence-electron chi connectivity index (χ4n) is 2.84. The lowest BCUT2D eigenvalue weighted by molar-refractivity contribution is 0.201. The summed E-state index contributed by atoms with van der Waals surface area (Å²) >= 11 is 0. The van der Waals surface area contributed by atoms with Crippen LogP contribution in [0.15, 0.2) is 47.6 Å². The van der Waals surface area contributed by atoms with E-state index in [9.17, 15) is 0 Å². The first kappa shape index (κ1) is 16.3. The highest BCUT2D eigenvalue weighted by Gasteiger charge is 2.16. The van der Waals surface area contributed by atoms with Crippen molar-refractivity contribution in [1.29, 1.82) is 0 Å². The number of nitrogens with zero attached hydrogens (tertiary/aromatic N) is 2. The number of nitrogens with two attached hydrogens (primary N) is 1. The molecule has 0 saturated heterocycles. The first-order chi connectivity index (χ1) is 11.7. The van der Waals surface area contributed by atoms with E-state index in [2.05, 4.69) is 15.3 Å². The van der Waals surface area contributed by atoms with Crippen molar-refractivity contribution in [3.05, 3.63) is 53.7 Å². The van der Waals surface area contributed by atoms with Crippen LogP contribution in [0, 0.1) is 6.92 Å². The first-order valence-corrected chi connectivity index (χ1v) is 8.44. The minimum Gasteiger partial charge on any atom is -0.474 e. The molecule has 1 fully saturated rings. The normalized spacial score (nSPS) is 15.5. The molecule has 2 aromatic rings. The fourth-order valence-corrected chi connectivity index (χ4v) is 2.84. The Balaban J connectivity index is 1.53. The molecule has 1 aromatic carbocycles. The lowest BCUT2D eigenvalue weighted by Crippen LogP contribution is -2.22. The highest BCUT2D eigenvalue weighted by Crippen LogP contribution is 2.22. The van der Waals surface area contributed by atoms with Crippen LogP contribution < -0.4 is 15.8 Å². The summed E-state index contributed by atoms with van der Waals surface area (Å²) in [6, 6.07) is 11.9. The van der Waals surface area contributed by atoms with Gasteiger partial charge in [0.15, 0.2) is 5.96 Å². The maximum absolute atomic E-state index is 5.94. The maximum atomic E-state index is 5.94. The number of hydrogen-bond acceptors (Lipinski definition) is 3. The van der Waals surface area contributed by atoms with Gasteiger partial charge in [0.05, 0.1) is 6.54 Å². The quantitative estimate of drug-likeness (QED) is 0.650. The van der Waals surface area contributed by atoms with E-state index < -0.39 is 0 Å². The molecular weight excluding hydrogens is 300 g/mol. The van der Waals surface area contributed by atoms with Crippen molar-refractivity contribution >= 4 is 11.6 Å². The van der Waals surface area contributed by atoms with Crippen LogP contribution in [0.3, 0.4) is 0 Å². The highest BCUT2D eigenvalue weighted by molar-refractivity contribution is 5.92. The number of aryl methyl sites for hydroxylation is 1. The number of aromatic nitrogens is 1. The predicted molar refractivity (Wildman–Crippen MR) is 97.2 cm³/mol. The molecule has 0 bridgehead atoms. The van der Waals surface area contributed by atoms with E-state index >= 15 is 0 Å². The summed E-state index contributed by atoms with van der Waals surface area (Å²) in [5.41, 5.74) is 9.05. The summed E-state index contributed by atoms with van der Waals surface area (Å²) in [7, 11) is 0. The molecule has 126 valence electrons. The molecule has 5 nitrogen and oxygen atoms in total. The van der Waals surface area contributed by atoms with Crippen molar-refractivity contribution in [1.82, 2.24) is 4.98 Å². The summed E-state index contributed by atoms with van der Waals surface area (Å²) in [5.74, 6) is 1.09. The molecule has 0 radical (unpaired) electrons. The number of benzene rings is 1. The van der Waals surface area contributed by atoms with Crippen LogP contribution >= 0.6 is 0 Å². The van der Waals surface area contributed by atoms with Crippen LogP contribution in [0.4, 0.5) is 5.69 Å². The van der Waals surface area contributed by atoms with Crippen LogP contribution in [0.25, 0.3) is 0 Å². The van der Waals surface area contributed by atoms with Crippen LogP contribution in [0.5, 0.6) is 5.88 Å². The zero-order chi connectivity index (χ0) is 16.8. The molecular formula is C19H24N4O. The Morgan fingerprint density at radius 1 is 1.29 bits per heavy atom. The third-order valence-electron chi connectivity index (χ3n) is 4.11. The summed E-state index contributed by atoms with van der Waals surface area (Å²) in [6.07, 6.45) is 6.91. The van der Waals surface area contributed by atoms with Crippen molar-refractivity contribution in [3.63, 3.8) is 0 Å². The van der Waals surface area contributed by atoms with E-state index in [1.165, 1.54) is 18.4 Å². The Morgan fingerprint density at radius 3 is 2.83 bits per heavy atom. The van der Waals surface area contributed by atoms with Gasteiger partial charge in [-0.25, -0.2) is 9.98 Å². The Labute approximate surface area is 143 Å². The highest BCUT2D eigenvalue weighted by atomic mass is 16.5. The molecule has 5 heteroatoms. The lowest BCUT2D eigenvalue weighted by Gasteiger charge is -2.11. The largest absolute Gasteiger partial charge is 0.474 e. The van der Waals surface area contributed by atoms with Gasteiger partial charge in [0, 0.05) is 18.0 Å². The average molecular weight is 324 g/mol. The topological polar surface area (TPSA) is 72.5 Å². The standard InChI is InChI=1S/C19H24N4O/c1-14-5-4-6-16(11-14)23-19(20)22-13-15-9-10-18(21-12-15)24-17-7-2-3-8-17/h4-6,9-12,17H,2-3,7-8,13H2,1H3,(H3,20,22,23). The second-order valence-corrected chi connectivity index (χ2v) is 6.22. The van der Waals surface area contributed by atoms with Crippen LogP contribution in [0.2, 0.25) is 0 Å². The maximum Gasteiger partial charge on any atom is 0.213 e. The Morgan fingerprint density at radius 2 is 2.12 bits per heavy atom. The van der Waals surface area contributed by atoms with Gasteiger partial charge in [0.25, 0.3) is 0 Å². The summed E-state index contributed by atoms with van der Waals surface area (Å²) in [4.78, 5) is 8.72. The number of rotatable bonds is 5. The van der Waals surface area contributed by atoms with Gasteiger partial charge in [0.2, 0.25) is 5.88 Å². The van der Waals surface area contributed by atoms with Crippen molar-refractivity contribution < 1.29 is 4.74 Å². The smallest absolute Gasteiger partial charge is 0.213 e. The minimum absolute atomic E-state index is 0.329. The van der Waals surface area contributed by atoms with Gasteiger partial charge in [-0.2, -0.15) is 0 Å². The number of anilines is 1. The Hall–Kier alpha value is -2.56. The zero-order valence-electron chi connectivity index (χ0n) is 14.0. The summed E-state index contributed by atoms with van der Waals surface area (Å²) < 4.78 is 5.86. The first-order valence-electron chi connectivity index (χ1n) is 8.44. The number of nitrogens with one attached hydrogen (secondary N) is 1. The van der Waals surface area contributed by atoms with Crippen molar-refractivity contribution in [2.75, 3.05) is 5.32 Å². The Bertz CT molecular complexity index is 691. The molecule has 0 atom stereocenters. The van der Waals surface area contributed by atoms with E-state index in [4.69, 9.17) is 10.5 Å². The molecule has 1 aromatic heterocycles. The molecule has 1 heterocycles. The number of guanidine groups is 1. The van der Waals surface area contributed by atoms with E-state index in [0.717, 1.165) is 24.1 Å². The minimum atomic E-state index is 0.329. The third kappa shape index (κ3) is 4.72. The molecule has 1 saturated carbocycles. The average Bonchev–Trinajstić information content (AvgIpc) is 3.07. The molecule has 0 spiro atoms. The van der Waals surface area contributed by atoms with Crippen LogP contribution in [-0.4, -0.2) is 17.0 Å². The second kappa shape index (κ2) is 7.81. The molecule has 0 amide bonds. The van der Waals surface area contributed by atoms with Gasteiger partial charge < -0.3 is 15.8 Å². The van der Waals surface area contributed by atoms with Crippen LogP contribution in [-0.2, 0) is 6.54 Å². The predicted octanol–water partition coefficient (Wildman–Crippen LogP) is 3.64. The monoisotopic (exact) mass is 324 g/mol. The van der Waals surface area contributed by atoms with Gasteiger partial charge in [-0.3, -0.25) is 0 Å². The Kier molecular flexibility index (Phi) is 5.31. The molecule has 1 aliphatic rings. The summed E-state index contributed by atoms with van der Waals surface area (Å²) in [6.45, 7) is 2.53. The number of hydrogen-bond donors (Lipinski definition) is 2. The second-order valence-electron chi connectivity index (χ2n) is 6.22. The van der Waals surface area contributed by atoms with Gasteiger partial charge in [0.1, 0.15) is 6.10 Å². The molecule has 3 rings (SSSR count). The van der Waals surface area contributed by atoms with Gasteiger partial charge in [-0.1, -0.05) is 18.2 Å². The number of pyridine rings is 1. The van der Waals surface area contributed by atoms with E-state index in [0.29, 0.717) is 24.5 Å². The molecule has 0 aliphatic heterocycles. The molecule has 24 heavy (non-hydrogen) atoms. The zero-order valence-corrected chi connectivity index (χ0v) is 14.0. The van der Waals surface area contributed by atoms with Crippen molar-refractivity contribution in [2.45, 2.75) is 45.3 Å². The van der Waals surface area contributed by atoms with Gasteiger partial charge in [-0.15, -0.1) is 0 Å². The molecule has 0 unspecified atom stereocenters. The third-order valence-corrected chi connectivity index (χ3v) is 4.11. The fraction of sp³-hybridized carbons (Fsp3) is 0.368. The van der Waals surface area contributed by atoms with Crippen molar-refractivity contribution in [3.8, 4) is 5.88 Å². The number of aliphatic imine (C=N–C) groups is 1. The van der Waals surface area contributed by atoms with E-state index in [1.807, 2.05) is 43.3 Å². The van der Waals surface area contributed by atoms with E-state index in [1.54, 1.807) is 6.20 Å². The van der Waals surface area contributed by atoms with Gasteiger partial charge in [-0.05, 0) is 55.9 Å². The van der Waals surface area contributed by atoms with Crippen molar-refractivity contribution in [2.24, 2.45) is 10.7 Å². The lowest BCUT2D eigenvalue weighted by atomic mass is 10.2. The SMILES string of the molecule is Cc1cccc(NC(N)=NCc2ccc(OC3CCCC3)nc2)c1.